The number of carbonyl (C=O) groups is 3. The van der Waals surface area contributed by atoms with E-state index >= 15 is 0 Å². The molecule has 1 saturated heterocycles. The molecule has 4 aromatic rings. The summed E-state index contributed by atoms with van der Waals surface area (Å²) in [5.41, 5.74) is 1.29. The SMILES string of the molecule is COC(=O)c1ccc(C2/C(=C(\O)c3cccc(OC)c3)C(=O)C(=O)N2c2nc3ccc(F)cc3s2)cc1. The van der Waals surface area contributed by atoms with Crippen molar-refractivity contribution in [2.45, 2.75) is 6.04 Å². The van der Waals surface area contributed by atoms with E-state index in [1.165, 1.54) is 49.5 Å². The van der Waals surface area contributed by atoms with Crippen LogP contribution in [0.15, 0.2) is 72.3 Å². The highest BCUT2D eigenvalue weighted by Gasteiger charge is 2.48. The summed E-state index contributed by atoms with van der Waals surface area (Å²) in [6, 6.07) is 15.6. The third-order valence-corrected chi connectivity index (χ3v) is 7.00. The number of hydrogen-bond acceptors (Lipinski definition) is 8. The van der Waals surface area contributed by atoms with Gasteiger partial charge in [0.25, 0.3) is 5.78 Å². The molecule has 1 aliphatic rings. The van der Waals surface area contributed by atoms with Gasteiger partial charge < -0.3 is 14.6 Å². The Balaban J connectivity index is 1.71. The Morgan fingerprint density at radius 1 is 1.03 bits per heavy atom. The van der Waals surface area contributed by atoms with Crippen molar-refractivity contribution in [3.63, 3.8) is 0 Å². The van der Waals surface area contributed by atoms with Gasteiger partial charge in [0.05, 0.1) is 41.6 Å². The number of amides is 1. The Morgan fingerprint density at radius 2 is 1.78 bits per heavy atom. The van der Waals surface area contributed by atoms with Crippen LogP contribution in [0.25, 0.3) is 16.0 Å². The number of carbonyl (C=O) groups excluding carboxylic acids is 3. The van der Waals surface area contributed by atoms with Crippen molar-refractivity contribution in [3.05, 3.63) is 94.8 Å². The molecule has 0 radical (unpaired) electrons. The number of halogens is 1. The molecule has 1 unspecified atom stereocenters. The Hall–Kier alpha value is -4.57. The summed E-state index contributed by atoms with van der Waals surface area (Å²) in [6.07, 6.45) is 0. The lowest BCUT2D eigenvalue weighted by atomic mass is 9.94. The molecule has 0 spiro atoms. The quantitative estimate of drug-likeness (QED) is 0.174. The Morgan fingerprint density at radius 3 is 2.49 bits per heavy atom. The van der Waals surface area contributed by atoms with Gasteiger partial charge in [0, 0.05) is 5.56 Å². The molecule has 5 rings (SSSR count). The van der Waals surface area contributed by atoms with Gasteiger partial charge in [-0.05, 0) is 48.0 Å². The number of ether oxygens (including phenoxy) is 2. The molecular formula is C27H19FN2O6S. The maximum Gasteiger partial charge on any atom is 0.337 e. The minimum atomic E-state index is -1.07. The van der Waals surface area contributed by atoms with Gasteiger partial charge >= 0.3 is 11.9 Å². The van der Waals surface area contributed by atoms with E-state index in [9.17, 15) is 23.9 Å². The number of Topliss-reactive ketones (excluding diaryl/α,β-unsaturated/α-hetero) is 1. The molecule has 0 saturated carbocycles. The monoisotopic (exact) mass is 518 g/mol. The number of aliphatic hydroxyl groups excluding tert-OH is 1. The summed E-state index contributed by atoms with van der Waals surface area (Å²) < 4.78 is 24.3. The number of hydrogen-bond donors (Lipinski definition) is 1. The molecule has 10 heteroatoms. The van der Waals surface area contributed by atoms with Gasteiger partial charge in [0.1, 0.15) is 17.3 Å². The van der Waals surface area contributed by atoms with Gasteiger partial charge in [0.2, 0.25) is 0 Å². The lowest BCUT2D eigenvalue weighted by Crippen LogP contribution is -2.29. The van der Waals surface area contributed by atoms with Crippen LogP contribution in [0.1, 0.15) is 27.5 Å². The highest BCUT2D eigenvalue weighted by molar-refractivity contribution is 7.22. The zero-order valence-electron chi connectivity index (χ0n) is 19.6. The molecule has 186 valence electrons. The zero-order valence-corrected chi connectivity index (χ0v) is 20.4. The Kier molecular flexibility index (Phi) is 6.18. The van der Waals surface area contributed by atoms with Crippen molar-refractivity contribution in [1.29, 1.82) is 0 Å². The summed E-state index contributed by atoms with van der Waals surface area (Å²) in [7, 11) is 2.73. The number of thiazole rings is 1. The van der Waals surface area contributed by atoms with Crippen LogP contribution in [0.3, 0.4) is 0 Å². The Labute approximate surface area is 214 Å². The van der Waals surface area contributed by atoms with E-state index in [-0.39, 0.29) is 21.8 Å². The minimum Gasteiger partial charge on any atom is -0.507 e. The van der Waals surface area contributed by atoms with Crippen LogP contribution in [0, 0.1) is 5.82 Å². The first-order valence-corrected chi connectivity index (χ1v) is 11.8. The third kappa shape index (κ3) is 4.21. The third-order valence-electron chi connectivity index (χ3n) is 5.98. The number of aliphatic hydroxyl groups is 1. The van der Waals surface area contributed by atoms with E-state index in [1.807, 2.05) is 0 Å². The first-order valence-electron chi connectivity index (χ1n) is 11.0. The number of methoxy groups -OCH3 is 2. The van der Waals surface area contributed by atoms with Crippen LogP contribution < -0.4 is 9.64 Å². The van der Waals surface area contributed by atoms with Gasteiger partial charge in [-0.2, -0.15) is 0 Å². The molecule has 3 aromatic carbocycles. The number of fused-ring (bicyclic) bond motifs is 1. The van der Waals surface area contributed by atoms with E-state index in [0.717, 1.165) is 11.3 Å². The molecule has 0 aliphatic carbocycles. The van der Waals surface area contributed by atoms with Crippen molar-refractivity contribution in [1.82, 2.24) is 4.98 Å². The number of benzene rings is 3. The Bertz CT molecular complexity index is 1590. The van der Waals surface area contributed by atoms with Gasteiger partial charge in [-0.3, -0.25) is 14.5 Å². The normalized spacial score (nSPS) is 16.8. The molecule has 1 aliphatic heterocycles. The molecule has 1 aromatic heterocycles. The lowest BCUT2D eigenvalue weighted by Gasteiger charge is -2.23. The molecule has 2 heterocycles. The van der Waals surface area contributed by atoms with E-state index in [2.05, 4.69) is 4.98 Å². The van der Waals surface area contributed by atoms with Crippen molar-refractivity contribution < 1.29 is 33.4 Å². The largest absolute Gasteiger partial charge is 0.507 e. The number of anilines is 1. The highest BCUT2D eigenvalue weighted by Crippen LogP contribution is 2.44. The molecule has 1 amide bonds. The van der Waals surface area contributed by atoms with Crippen LogP contribution >= 0.6 is 11.3 Å². The fourth-order valence-electron chi connectivity index (χ4n) is 4.18. The fraction of sp³-hybridized carbons (Fsp3) is 0.111. The first-order chi connectivity index (χ1) is 17.8. The smallest absolute Gasteiger partial charge is 0.337 e. The molecule has 37 heavy (non-hydrogen) atoms. The summed E-state index contributed by atoms with van der Waals surface area (Å²) in [5, 5.41) is 11.4. The predicted octanol–water partition coefficient (Wildman–Crippen LogP) is 4.86. The van der Waals surface area contributed by atoms with Crippen LogP contribution in [0.5, 0.6) is 5.75 Å². The van der Waals surface area contributed by atoms with E-state index in [4.69, 9.17) is 9.47 Å². The number of ketones is 1. The van der Waals surface area contributed by atoms with Crippen molar-refractivity contribution in [2.24, 2.45) is 0 Å². The molecule has 1 fully saturated rings. The summed E-state index contributed by atoms with van der Waals surface area (Å²) in [6.45, 7) is 0. The first kappa shape index (κ1) is 24.1. The fourth-order valence-corrected chi connectivity index (χ4v) is 5.20. The van der Waals surface area contributed by atoms with Gasteiger partial charge in [0.15, 0.2) is 5.13 Å². The summed E-state index contributed by atoms with van der Waals surface area (Å²) in [5.74, 6) is -2.76. The van der Waals surface area contributed by atoms with E-state index in [1.54, 1.807) is 36.4 Å². The number of nitrogens with zero attached hydrogens (tertiary/aromatic N) is 2. The van der Waals surface area contributed by atoms with Gasteiger partial charge in [-0.25, -0.2) is 14.2 Å². The zero-order chi connectivity index (χ0) is 26.3. The van der Waals surface area contributed by atoms with Gasteiger partial charge in [-0.15, -0.1) is 0 Å². The summed E-state index contributed by atoms with van der Waals surface area (Å²) >= 11 is 1.04. The standard InChI is InChI=1S/C27H19FN2O6S/c1-35-18-5-3-4-16(12-18)23(31)21-22(14-6-8-15(9-7-14)26(34)36-2)30(25(33)24(21)32)27-29-19-11-10-17(28)13-20(19)37-27/h3-13,22,31H,1-2H3/b23-21+. The van der Waals surface area contributed by atoms with Gasteiger partial charge in [-0.1, -0.05) is 35.6 Å². The molecule has 1 N–H and O–H groups in total. The second-order valence-electron chi connectivity index (χ2n) is 8.12. The number of rotatable bonds is 5. The second-order valence-corrected chi connectivity index (χ2v) is 9.13. The molecule has 0 bridgehead atoms. The van der Waals surface area contributed by atoms with E-state index in [0.29, 0.717) is 21.5 Å². The molecule has 1 atom stereocenters. The topological polar surface area (TPSA) is 106 Å². The highest BCUT2D eigenvalue weighted by atomic mass is 32.1. The van der Waals surface area contributed by atoms with E-state index < -0.39 is 35.3 Å². The maximum atomic E-state index is 13.8. The lowest BCUT2D eigenvalue weighted by molar-refractivity contribution is -0.132. The number of aromatic nitrogens is 1. The maximum absolute atomic E-state index is 13.8. The van der Waals surface area contributed by atoms with Crippen LogP contribution in [0.2, 0.25) is 0 Å². The second kappa shape index (κ2) is 9.47. The number of esters is 1. The minimum absolute atomic E-state index is 0.158. The average Bonchev–Trinajstić information content (AvgIpc) is 3.45. The average molecular weight is 519 g/mol. The van der Waals surface area contributed by atoms with Crippen molar-refractivity contribution >= 4 is 50.1 Å². The van der Waals surface area contributed by atoms with Crippen LogP contribution in [0.4, 0.5) is 9.52 Å². The predicted molar refractivity (Wildman–Crippen MR) is 135 cm³/mol. The van der Waals surface area contributed by atoms with Crippen molar-refractivity contribution in [2.75, 3.05) is 19.1 Å². The van der Waals surface area contributed by atoms with Crippen LogP contribution in [-0.2, 0) is 14.3 Å². The molecule has 8 nitrogen and oxygen atoms in total. The van der Waals surface area contributed by atoms with Crippen molar-refractivity contribution in [3.8, 4) is 5.75 Å². The van der Waals surface area contributed by atoms with Crippen LogP contribution in [-0.4, -0.2) is 42.0 Å². The summed E-state index contributed by atoms with van der Waals surface area (Å²) in [4.78, 5) is 44.3. The molecular weight excluding hydrogens is 499 g/mol.